The number of benzene rings is 1. The van der Waals surface area contributed by atoms with Gasteiger partial charge in [-0.2, -0.15) is 0 Å². The highest BCUT2D eigenvalue weighted by Gasteiger charge is 2.14. The predicted molar refractivity (Wildman–Crippen MR) is 103 cm³/mol. The number of carboxylic acid groups (broad SMARTS) is 1. The van der Waals surface area contributed by atoms with Gasteiger partial charge in [0.2, 0.25) is 0 Å². The largest absolute Gasteiger partial charge is 0.481 e. The number of carboxylic acids is 1. The predicted octanol–water partition coefficient (Wildman–Crippen LogP) is 4.21. The summed E-state index contributed by atoms with van der Waals surface area (Å²) < 4.78 is 33.2. The summed E-state index contributed by atoms with van der Waals surface area (Å²) in [5, 5.41) is 8.94. The molecule has 0 fully saturated rings. The molecule has 0 aliphatic carbocycles. The van der Waals surface area contributed by atoms with Gasteiger partial charge in [-0.1, -0.05) is 11.6 Å². The molecule has 0 aliphatic rings. The van der Waals surface area contributed by atoms with Crippen molar-refractivity contribution in [2.75, 3.05) is 0 Å². The second-order valence-electron chi connectivity index (χ2n) is 6.25. The quantitative estimate of drug-likeness (QED) is 0.595. The summed E-state index contributed by atoms with van der Waals surface area (Å²) in [7, 11) is 0. The maximum Gasteiger partial charge on any atom is 0.304 e. The molecule has 6 nitrogen and oxygen atoms in total. The molecule has 1 aromatic carbocycles. The lowest BCUT2D eigenvalue weighted by molar-refractivity contribution is -0.137. The maximum absolute atomic E-state index is 14.0. The van der Waals surface area contributed by atoms with E-state index in [9.17, 15) is 13.6 Å². The van der Waals surface area contributed by atoms with E-state index < -0.39 is 23.6 Å². The Morgan fingerprint density at radius 2 is 1.90 bits per heavy atom. The van der Waals surface area contributed by atoms with Gasteiger partial charge in [-0.05, 0) is 42.5 Å². The van der Waals surface area contributed by atoms with Gasteiger partial charge in [0.25, 0.3) is 5.88 Å². The van der Waals surface area contributed by atoms with Crippen molar-refractivity contribution < 1.29 is 23.4 Å². The fourth-order valence-electron chi connectivity index (χ4n) is 2.62. The van der Waals surface area contributed by atoms with Crippen LogP contribution in [-0.4, -0.2) is 27.1 Å². The van der Waals surface area contributed by atoms with Crippen LogP contribution in [0.2, 0.25) is 5.02 Å². The van der Waals surface area contributed by atoms with Crippen LogP contribution in [0.4, 0.5) is 8.78 Å². The average Bonchev–Trinajstić information content (AvgIpc) is 2.66. The van der Waals surface area contributed by atoms with E-state index in [-0.39, 0.29) is 29.4 Å². The zero-order valence-electron chi connectivity index (χ0n) is 15.0. The Balaban J connectivity index is 1.77. The lowest BCUT2D eigenvalue weighted by Gasteiger charge is -2.11. The van der Waals surface area contributed by atoms with Gasteiger partial charge in [0.05, 0.1) is 22.8 Å². The smallest absolute Gasteiger partial charge is 0.304 e. The van der Waals surface area contributed by atoms with Crippen LogP contribution < -0.4 is 10.5 Å². The van der Waals surface area contributed by atoms with E-state index in [0.717, 1.165) is 6.07 Å². The van der Waals surface area contributed by atoms with E-state index in [1.807, 2.05) is 0 Å². The molecule has 0 bridgehead atoms. The standard InChI is InChI=1S/C20H16ClF2N3O3/c21-12-7-16(23)20(25-10-12)29-14-3-1-11(2-4-14)17-6-5-15(22)18(26-17)8-13(24)9-19(27)28/h1-7,10,13H,8-9,24H2,(H,27,28). The third-order valence-corrected chi connectivity index (χ3v) is 4.16. The topological polar surface area (TPSA) is 98.3 Å². The Morgan fingerprint density at radius 3 is 2.55 bits per heavy atom. The molecule has 9 heteroatoms. The van der Waals surface area contributed by atoms with Gasteiger partial charge in [-0.15, -0.1) is 0 Å². The fraction of sp³-hybridized carbons (Fsp3) is 0.150. The zero-order chi connectivity index (χ0) is 21.0. The molecular weight excluding hydrogens is 404 g/mol. The Kier molecular flexibility index (Phi) is 6.36. The summed E-state index contributed by atoms with van der Waals surface area (Å²) in [6.45, 7) is 0. The molecule has 0 radical (unpaired) electrons. The number of carbonyl (C=O) groups is 1. The molecular formula is C20H16ClF2N3O3. The number of pyridine rings is 2. The number of nitrogens with zero attached hydrogens (tertiary/aromatic N) is 2. The minimum atomic E-state index is -1.06. The summed E-state index contributed by atoms with van der Waals surface area (Å²) in [5.41, 5.74) is 6.96. The highest BCUT2D eigenvalue weighted by atomic mass is 35.5. The highest BCUT2D eigenvalue weighted by Crippen LogP contribution is 2.27. The van der Waals surface area contributed by atoms with Crippen molar-refractivity contribution in [3.63, 3.8) is 0 Å². The fourth-order valence-corrected chi connectivity index (χ4v) is 2.76. The SMILES string of the molecule is NC(CC(=O)O)Cc1nc(-c2ccc(Oc3ncc(Cl)cc3F)cc2)ccc1F. The first-order valence-electron chi connectivity index (χ1n) is 8.54. The molecule has 3 rings (SSSR count). The van der Waals surface area contributed by atoms with Crippen LogP contribution in [-0.2, 0) is 11.2 Å². The third-order valence-electron chi connectivity index (χ3n) is 3.95. The highest BCUT2D eigenvalue weighted by molar-refractivity contribution is 6.30. The lowest BCUT2D eigenvalue weighted by atomic mass is 10.1. The first-order valence-corrected chi connectivity index (χ1v) is 8.91. The number of halogens is 3. The number of hydrogen-bond acceptors (Lipinski definition) is 5. The van der Waals surface area contributed by atoms with Gasteiger partial charge < -0.3 is 15.6 Å². The number of aliphatic carboxylic acids is 1. The summed E-state index contributed by atoms with van der Waals surface area (Å²) in [6.07, 6.45) is 0.981. The molecule has 1 unspecified atom stereocenters. The molecule has 0 saturated heterocycles. The third kappa shape index (κ3) is 5.46. The van der Waals surface area contributed by atoms with Crippen molar-refractivity contribution in [3.8, 4) is 22.9 Å². The van der Waals surface area contributed by atoms with Gasteiger partial charge in [0, 0.05) is 24.2 Å². The minimum Gasteiger partial charge on any atom is -0.481 e. The molecule has 3 N–H and O–H groups in total. The van der Waals surface area contributed by atoms with Crippen LogP contribution in [0, 0.1) is 11.6 Å². The van der Waals surface area contributed by atoms with E-state index in [2.05, 4.69) is 9.97 Å². The second kappa shape index (κ2) is 8.93. The molecule has 1 atom stereocenters. The summed E-state index contributed by atoms with van der Waals surface area (Å²) in [4.78, 5) is 18.8. The van der Waals surface area contributed by atoms with Crippen LogP contribution in [0.15, 0.2) is 48.7 Å². The monoisotopic (exact) mass is 419 g/mol. The van der Waals surface area contributed by atoms with Crippen molar-refractivity contribution >= 4 is 17.6 Å². The summed E-state index contributed by atoms with van der Waals surface area (Å²) in [6, 6.07) is 9.62. The normalized spacial score (nSPS) is 11.9. The van der Waals surface area contributed by atoms with Gasteiger partial charge in [0.15, 0.2) is 5.82 Å². The van der Waals surface area contributed by atoms with Crippen LogP contribution in [0.3, 0.4) is 0 Å². The van der Waals surface area contributed by atoms with Crippen LogP contribution in [0.25, 0.3) is 11.3 Å². The zero-order valence-corrected chi connectivity index (χ0v) is 15.7. The van der Waals surface area contributed by atoms with Gasteiger partial charge in [0.1, 0.15) is 11.6 Å². The number of nitrogens with two attached hydrogens (primary N) is 1. The molecule has 0 aliphatic heterocycles. The molecule has 150 valence electrons. The first kappa shape index (κ1) is 20.6. The van der Waals surface area contributed by atoms with Crippen molar-refractivity contribution in [2.45, 2.75) is 18.9 Å². The molecule has 3 aromatic rings. The second-order valence-corrected chi connectivity index (χ2v) is 6.69. The van der Waals surface area contributed by atoms with Gasteiger partial charge in [-0.3, -0.25) is 4.79 Å². The first-order chi connectivity index (χ1) is 13.8. The van der Waals surface area contributed by atoms with Crippen molar-refractivity contribution in [1.29, 1.82) is 0 Å². The Labute approximate surface area is 169 Å². The van der Waals surface area contributed by atoms with E-state index in [1.165, 1.54) is 18.3 Å². The van der Waals surface area contributed by atoms with Crippen molar-refractivity contribution in [1.82, 2.24) is 9.97 Å². The lowest BCUT2D eigenvalue weighted by Crippen LogP contribution is -2.27. The van der Waals surface area contributed by atoms with E-state index in [4.69, 9.17) is 27.2 Å². The van der Waals surface area contributed by atoms with Crippen molar-refractivity contribution in [2.24, 2.45) is 5.73 Å². The van der Waals surface area contributed by atoms with E-state index >= 15 is 0 Å². The minimum absolute atomic E-state index is 0.00528. The van der Waals surface area contributed by atoms with Gasteiger partial charge in [-0.25, -0.2) is 18.7 Å². The van der Waals surface area contributed by atoms with Gasteiger partial charge >= 0.3 is 5.97 Å². The summed E-state index contributed by atoms with van der Waals surface area (Å²) >= 11 is 5.66. The Bertz CT molecular complexity index is 1030. The van der Waals surface area contributed by atoms with Crippen LogP contribution in [0.5, 0.6) is 11.6 Å². The summed E-state index contributed by atoms with van der Waals surface area (Å²) in [5.74, 6) is -2.18. The Hall–Kier alpha value is -3.10. The molecule has 0 amide bonds. The average molecular weight is 420 g/mol. The Morgan fingerprint density at radius 1 is 1.17 bits per heavy atom. The molecule has 2 aromatic heterocycles. The molecule has 0 saturated carbocycles. The number of aromatic nitrogens is 2. The molecule has 0 spiro atoms. The van der Waals surface area contributed by atoms with E-state index in [1.54, 1.807) is 24.3 Å². The van der Waals surface area contributed by atoms with E-state index in [0.29, 0.717) is 17.0 Å². The van der Waals surface area contributed by atoms with Crippen LogP contribution in [0.1, 0.15) is 12.1 Å². The number of ether oxygens (including phenoxy) is 1. The molecule has 2 heterocycles. The van der Waals surface area contributed by atoms with Crippen LogP contribution >= 0.6 is 11.6 Å². The van der Waals surface area contributed by atoms with Crippen molar-refractivity contribution in [3.05, 3.63) is 71.0 Å². The number of rotatable bonds is 7. The maximum atomic E-state index is 14.0. The number of hydrogen-bond donors (Lipinski definition) is 2. The molecule has 29 heavy (non-hydrogen) atoms.